The van der Waals surface area contributed by atoms with Gasteiger partial charge in [-0.3, -0.25) is 0 Å². The highest BCUT2D eigenvalue weighted by molar-refractivity contribution is 5.38. The standard InChI is InChI=1S/C17H20F2N4/c1-12-15(11-21-9-5-3-4-8-20)13(2)23(22-12)17-7-6-14(18)10-16(17)19/h6-7,10,21H,3-5,9,11H2,1-2H3. The second kappa shape index (κ2) is 7.84. The Morgan fingerprint density at radius 3 is 2.74 bits per heavy atom. The molecular formula is C17H20F2N4. The van der Waals surface area contributed by atoms with Crippen molar-refractivity contribution < 1.29 is 8.78 Å². The van der Waals surface area contributed by atoms with Gasteiger partial charge in [-0.1, -0.05) is 0 Å². The third-order valence-electron chi connectivity index (χ3n) is 3.77. The van der Waals surface area contributed by atoms with Crippen molar-refractivity contribution in [1.82, 2.24) is 15.1 Å². The van der Waals surface area contributed by atoms with Crippen molar-refractivity contribution in [3.63, 3.8) is 0 Å². The number of aryl methyl sites for hydroxylation is 1. The fourth-order valence-electron chi connectivity index (χ4n) is 2.49. The van der Waals surface area contributed by atoms with Gasteiger partial charge >= 0.3 is 0 Å². The second-order valence-corrected chi connectivity index (χ2v) is 5.45. The van der Waals surface area contributed by atoms with Gasteiger partial charge < -0.3 is 5.32 Å². The molecule has 0 saturated carbocycles. The SMILES string of the molecule is Cc1nn(-c2ccc(F)cc2F)c(C)c1CNCCCCC#N. The highest BCUT2D eigenvalue weighted by Crippen LogP contribution is 2.20. The molecule has 23 heavy (non-hydrogen) atoms. The molecule has 4 nitrogen and oxygen atoms in total. The summed E-state index contributed by atoms with van der Waals surface area (Å²) in [5.41, 5.74) is 2.90. The van der Waals surface area contributed by atoms with Gasteiger partial charge in [-0.25, -0.2) is 13.5 Å². The van der Waals surface area contributed by atoms with Crippen LogP contribution >= 0.6 is 0 Å². The number of aromatic nitrogens is 2. The van der Waals surface area contributed by atoms with Gasteiger partial charge in [-0.2, -0.15) is 10.4 Å². The first-order chi connectivity index (χ1) is 11.0. The maximum atomic E-state index is 13.9. The summed E-state index contributed by atoms with van der Waals surface area (Å²) in [6.45, 7) is 5.19. The lowest BCUT2D eigenvalue weighted by Gasteiger charge is -2.07. The molecule has 1 aromatic carbocycles. The van der Waals surface area contributed by atoms with Crippen LogP contribution in [-0.4, -0.2) is 16.3 Å². The Bertz CT molecular complexity index is 716. The predicted octanol–water partition coefficient (Wildman–Crippen LogP) is 3.55. The molecule has 122 valence electrons. The summed E-state index contributed by atoms with van der Waals surface area (Å²) in [7, 11) is 0. The first kappa shape index (κ1) is 17.1. The van der Waals surface area contributed by atoms with E-state index in [2.05, 4.69) is 16.5 Å². The molecule has 1 N–H and O–H groups in total. The Balaban J connectivity index is 2.09. The summed E-state index contributed by atoms with van der Waals surface area (Å²) in [5.74, 6) is -1.24. The lowest BCUT2D eigenvalue weighted by Crippen LogP contribution is -2.15. The molecule has 0 aliphatic carbocycles. The van der Waals surface area contributed by atoms with Gasteiger partial charge in [0.1, 0.15) is 11.5 Å². The predicted molar refractivity (Wildman–Crippen MR) is 84.1 cm³/mol. The zero-order chi connectivity index (χ0) is 16.8. The van der Waals surface area contributed by atoms with Crippen molar-refractivity contribution in [2.45, 2.75) is 39.7 Å². The molecule has 0 saturated heterocycles. The monoisotopic (exact) mass is 318 g/mol. The molecular weight excluding hydrogens is 298 g/mol. The molecule has 0 fully saturated rings. The summed E-state index contributed by atoms with van der Waals surface area (Å²) in [4.78, 5) is 0. The molecule has 1 aromatic heterocycles. The van der Waals surface area contributed by atoms with Crippen molar-refractivity contribution in [3.05, 3.63) is 46.8 Å². The molecule has 0 radical (unpaired) electrons. The summed E-state index contributed by atoms with van der Waals surface area (Å²) in [6.07, 6.45) is 2.38. The van der Waals surface area contributed by atoms with E-state index in [0.717, 1.165) is 42.4 Å². The lowest BCUT2D eigenvalue weighted by atomic mass is 10.2. The zero-order valence-electron chi connectivity index (χ0n) is 13.4. The number of hydrogen-bond donors (Lipinski definition) is 1. The Morgan fingerprint density at radius 1 is 1.26 bits per heavy atom. The summed E-state index contributed by atoms with van der Waals surface area (Å²) >= 11 is 0. The molecule has 0 unspecified atom stereocenters. The van der Waals surface area contributed by atoms with Crippen molar-refractivity contribution in [3.8, 4) is 11.8 Å². The van der Waals surface area contributed by atoms with Gasteiger partial charge in [0.25, 0.3) is 0 Å². The van der Waals surface area contributed by atoms with Crippen LogP contribution in [0.2, 0.25) is 0 Å². The fraction of sp³-hybridized carbons (Fsp3) is 0.412. The van der Waals surface area contributed by atoms with Crippen molar-refractivity contribution in [1.29, 1.82) is 5.26 Å². The Morgan fingerprint density at radius 2 is 2.04 bits per heavy atom. The topological polar surface area (TPSA) is 53.6 Å². The van der Waals surface area contributed by atoms with Crippen LogP contribution in [0.15, 0.2) is 18.2 Å². The molecule has 0 aliphatic heterocycles. The minimum Gasteiger partial charge on any atom is -0.313 e. The number of benzene rings is 1. The molecule has 0 atom stereocenters. The molecule has 0 spiro atoms. The minimum absolute atomic E-state index is 0.243. The molecule has 6 heteroatoms. The summed E-state index contributed by atoms with van der Waals surface area (Å²) in [5, 5.41) is 16.2. The maximum Gasteiger partial charge on any atom is 0.151 e. The molecule has 0 bridgehead atoms. The van der Waals surface area contributed by atoms with Crippen LogP contribution < -0.4 is 5.32 Å². The maximum absolute atomic E-state index is 13.9. The average Bonchev–Trinajstić information content (AvgIpc) is 2.78. The van der Waals surface area contributed by atoms with E-state index in [1.165, 1.54) is 16.8 Å². The number of rotatable bonds is 7. The van der Waals surface area contributed by atoms with Crippen LogP contribution in [0.25, 0.3) is 5.69 Å². The zero-order valence-corrected chi connectivity index (χ0v) is 13.4. The molecule has 2 rings (SSSR count). The molecule has 0 aliphatic rings. The first-order valence-electron chi connectivity index (χ1n) is 7.62. The van der Waals surface area contributed by atoms with Crippen LogP contribution in [0.5, 0.6) is 0 Å². The highest BCUT2D eigenvalue weighted by atomic mass is 19.1. The molecule has 1 heterocycles. The van der Waals surface area contributed by atoms with Gasteiger partial charge in [-0.05, 0) is 45.4 Å². The average molecular weight is 318 g/mol. The lowest BCUT2D eigenvalue weighted by molar-refractivity contribution is 0.572. The smallest absolute Gasteiger partial charge is 0.151 e. The van der Waals surface area contributed by atoms with Crippen LogP contribution in [0, 0.1) is 36.8 Å². The van der Waals surface area contributed by atoms with Crippen molar-refractivity contribution in [2.75, 3.05) is 6.54 Å². The van der Waals surface area contributed by atoms with Crippen LogP contribution in [-0.2, 0) is 6.54 Å². The van der Waals surface area contributed by atoms with Crippen LogP contribution in [0.3, 0.4) is 0 Å². The van der Waals surface area contributed by atoms with Gasteiger partial charge in [-0.15, -0.1) is 0 Å². The number of halogens is 2. The summed E-state index contributed by atoms with van der Waals surface area (Å²) in [6, 6.07) is 5.60. The van der Waals surface area contributed by atoms with E-state index in [1.807, 2.05) is 13.8 Å². The fourth-order valence-corrected chi connectivity index (χ4v) is 2.49. The van der Waals surface area contributed by atoms with Crippen LogP contribution in [0.1, 0.15) is 36.2 Å². The Kier molecular flexibility index (Phi) is 5.83. The second-order valence-electron chi connectivity index (χ2n) is 5.45. The van der Waals surface area contributed by atoms with Crippen molar-refractivity contribution in [2.24, 2.45) is 0 Å². The van der Waals surface area contributed by atoms with E-state index in [1.54, 1.807) is 0 Å². The van der Waals surface area contributed by atoms with Crippen LogP contribution in [0.4, 0.5) is 8.78 Å². The van der Waals surface area contributed by atoms with Gasteiger partial charge in [0.05, 0.1) is 11.8 Å². The van der Waals surface area contributed by atoms with Crippen molar-refractivity contribution >= 4 is 0 Å². The van der Waals surface area contributed by atoms with E-state index < -0.39 is 11.6 Å². The number of nitrogens with zero attached hydrogens (tertiary/aromatic N) is 3. The van der Waals surface area contributed by atoms with E-state index in [0.29, 0.717) is 13.0 Å². The largest absolute Gasteiger partial charge is 0.313 e. The minimum atomic E-state index is -0.633. The quantitative estimate of drug-likeness (QED) is 0.794. The highest BCUT2D eigenvalue weighted by Gasteiger charge is 2.15. The summed E-state index contributed by atoms with van der Waals surface area (Å²) < 4.78 is 28.5. The normalized spacial score (nSPS) is 10.7. The van der Waals surface area contributed by atoms with E-state index in [-0.39, 0.29) is 5.69 Å². The van der Waals surface area contributed by atoms with Gasteiger partial charge in [0, 0.05) is 30.3 Å². The Labute approximate surface area is 134 Å². The third kappa shape index (κ3) is 4.14. The Hall–Kier alpha value is -2.26. The number of nitrogens with one attached hydrogen (secondary N) is 1. The number of unbranched alkanes of at least 4 members (excludes halogenated alkanes) is 2. The van der Waals surface area contributed by atoms with Gasteiger partial charge in [0.2, 0.25) is 0 Å². The van der Waals surface area contributed by atoms with E-state index in [9.17, 15) is 8.78 Å². The van der Waals surface area contributed by atoms with Gasteiger partial charge in [0.15, 0.2) is 5.82 Å². The van der Waals surface area contributed by atoms with E-state index in [4.69, 9.17) is 5.26 Å². The number of hydrogen-bond acceptors (Lipinski definition) is 3. The van der Waals surface area contributed by atoms with E-state index >= 15 is 0 Å². The molecule has 2 aromatic rings. The third-order valence-corrected chi connectivity index (χ3v) is 3.77. The number of nitriles is 1. The first-order valence-corrected chi connectivity index (χ1v) is 7.62. The molecule has 0 amide bonds.